The van der Waals surface area contributed by atoms with Crippen LogP contribution in [0.25, 0.3) is 0 Å². The molecule has 0 fully saturated rings. The molecule has 0 saturated carbocycles. The summed E-state index contributed by atoms with van der Waals surface area (Å²) in [6.07, 6.45) is 2.46. The van der Waals surface area contributed by atoms with E-state index in [9.17, 15) is 0 Å². The molecule has 100 valence electrons. The summed E-state index contributed by atoms with van der Waals surface area (Å²) in [7, 11) is 1.81. The summed E-state index contributed by atoms with van der Waals surface area (Å²) in [5.41, 5.74) is 1.38. The molecule has 0 amide bonds. The van der Waals surface area contributed by atoms with Gasteiger partial charge in [-0.2, -0.15) is 0 Å². The first-order valence-corrected chi connectivity index (χ1v) is 7.61. The quantitative estimate of drug-likeness (QED) is 0.690. The van der Waals surface area contributed by atoms with E-state index in [-0.39, 0.29) is 0 Å². The van der Waals surface area contributed by atoms with Gasteiger partial charge < -0.3 is 4.74 Å². The maximum Gasteiger partial charge on any atom is 0.0668 e. The third-order valence-corrected chi connectivity index (χ3v) is 4.25. The number of hydrogen-bond acceptors (Lipinski definition) is 2. The molecular weight excluding hydrogens is 252 g/mol. The van der Waals surface area contributed by atoms with Gasteiger partial charge in [0.05, 0.1) is 6.10 Å². The molecule has 2 rings (SSSR count). The number of hydrogen-bond donors (Lipinski definition) is 0. The summed E-state index contributed by atoms with van der Waals surface area (Å²) in [6, 6.07) is 21.1. The summed E-state index contributed by atoms with van der Waals surface area (Å²) in [6.45, 7) is 0. The van der Waals surface area contributed by atoms with Gasteiger partial charge in [0.25, 0.3) is 0 Å². The Balaban J connectivity index is 1.77. The van der Waals surface area contributed by atoms with Gasteiger partial charge >= 0.3 is 0 Å². The molecule has 1 unspecified atom stereocenters. The number of aryl methyl sites for hydroxylation is 1. The van der Waals surface area contributed by atoms with Crippen molar-refractivity contribution in [3.05, 3.63) is 66.2 Å². The van der Waals surface area contributed by atoms with Crippen LogP contribution in [0.2, 0.25) is 0 Å². The molecule has 0 heterocycles. The molecule has 2 aromatic carbocycles. The van der Waals surface area contributed by atoms with Crippen LogP contribution in [0.3, 0.4) is 0 Å². The lowest BCUT2D eigenvalue weighted by atomic mass is 10.1. The van der Waals surface area contributed by atoms with Crippen molar-refractivity contribution in [1.29, 1.82) is 0 Å². The summed E-state index contributed by atoms with van der Waals surface area (Å²) >= 11 is 1.86. The van der Waals surface area contributed by atoms with Crippen molar-refractivity contribution in [2.24, 2.45) is 0 Å². The van der Waals surface area contributed by atoms with Crippen LogP contribution in [-0.2, 0) is 11.2 Å². The van der Waals surface area contributed by atoms with E-state index >= 15 is 0 Å². The van der Waals surface area contributed by atoms with Gasteiger partial charge in [-0.25, -0.2) is 0 Å². The molecule has 0 aromatic heterocycles. The highest BCUT2D eigenvalue weighted by Gasteiger charge is 2.08. The van der Waals surface area contributed by atoms with Crippen LogP contribution in [0.5, 0.6) is 0 Å². The summed E-state index contributed by atoms with van der Waals surface area (Å²) in [5.74, 6) is 1.01. The molecule has 0 saturated heterocycles. The van der Waals surface area contributed by atoms with Crippen molar-refractivity contribution in [2.75, 3.05) is 12.9 Å². The van der Waals surface area contributed by atoms with Gasteiger partial charge in [-0.1, -0.05) is 48.5 Å². The third-order valence-electron chi connectivity index (χ3n) is 3.11. The molecule has 19 heavy (non-hydrogen) atoms. The first-order chi connectivity index (χ1) is 9.38. The van der Waals surface area contributed by atoms with Crippen molar-refractivity contribution in [3.63, 3.8) is 0 Å². The Morgan fingerprint density at radius 2 is 1.58 bits per heavy atom. The van der Waals surface area contributed by atoms with Crippen molar-refractivity contribution < 1.29 is 4.74 Å². The molecule has 2 aromatic rings. The fraction of sp³-hybridized carbons (Fsp3) is 0.294. The van der Waals surface area contributed by atoms with Crippen molar-refractivity contribution in [2.45, 2.75) is 23.8 Å². The van der Waals surface area contributed by atoms with Gasteiger partial charge in [0.15, 0.2) is 0 Å². The molecule has 0 aliphatic heterocycles. The minimum absolute atomic E-state index is 0.311. The highest BCUT2D eigenvalue weighted by atomic mass is 32.2. The summed E-state index contributed by atoms with van der Waals surface area (Å²) < 4.78 is 5.57. The van der Waals surface area contributed by atoms with E-state index in [0.717, 1.165) is 18.6 Å². The van der Waals surface area contributed by atoms with Gasteiger partial charge in [-0.3, -0.25) is 0 Å². The van der Waals surface area contributed by atoms with Crippen LogP contribution in [-0.4, -0.2) is 19.0 Å². The molecule has 0 spiro atoms. The minimum Gasteiger partial charge on any atom is -0.381 e. The molecule has 0 N–H and O–H groups in total. The first kappa shape index (κ1) is 14.2. The van der Waals surface area contributed by atoms with Crippen LogP contribution in [0.15, 0.2) is 65.6 Å². The second kappa shape index (κ2) is 8.03. The first-order valence-electron chi connectivity index (χ1n) is 6.63. The van der Waals surface area contributed by atoms with Crippen molar-refractivity contribution in [3.8, 4) is 0 Å². The fourth-order valence-corrected chi connectivity index (χ4v) is 2.98. The SMILES string of the molecule is COC(CCc1ccccc1)CSc1ccccc1. The predicted molar refractivity (Wildman–Crippen MR) is 82.7 cm³/mol. The Hall–Kier alpha value is -1.25. The second-order valence-corrected chi connectivity index (χ2v) is 5.60. The average molecular weight is 272 g/mol. The minimum atomic E-state index is 0.311. The molecule has 0 radical (unpaired) electrons. The Morgan fingerprint density at radius 1 is 0.947 bits per heavy atom. The molecule has 0 bridgehead atoms. The fourth-order valence-electron chi connectivity index (χ4n) is 1.95. The van der Waals surface area contributed by atoms with E-state index in [1.165, 1.54) is 10.5 Å². The van der Waals surface area contributed by atoms with Crippen LogP contribution in [0.4, 0.5) is 0 Å². The monoisotopic (exact) mass is 272 g/mol. The number of rotatable bonds is 7. The Morgan fingerprint density at radius 3 is 2.21 bits per heavy atom. The van der Waals surface area contributed by atoms with Gasteiger partial charge in [-0.05, 0) is 30.5 Å². The Bertz CT molecular complexity index is 412. The number of benzene rings is 2. The maximum atomic E-state index is 5.57. The van der Waals surface area contributed by atoms with Gasteiger partial charge in [0, 0.05) is 17.8 Å². The van der Waals surface area contributed by atoms with E-state index < -0.39 is 0 Å². The lowest BCUT2D eigenvalue weighted by molar-refractivity contribution is 0.115. The normalized spacial score (nSPS) is 12.3. The zero-order valence-corrected chi connectivity index (χ0v) is 12.1. The van der Waals surface area contributed by atoms with Crippen LogP contribution in [0.1, 0.15) is 12.0 Å². The van der Waals surface area contributed by atoms with E-state index in [2.05, 4.69) is 54.6 Å². The van der Waals surface area contributed by atoms with E-state index in [1.54, 1.807) is 7.11 Å². The molecule has 0 aliphatic rings. The second-order valence-electron chi connectivity index (χ2n) is 4.51. The molecule has 1 atom stereocenters. The Labute approximate surface area is 120 Å². The predicted octanol–water partition coefficient (Wildman–Crippen LogP) is 4.43. The van der Waals surface area contributed by atoms with Crippen LogP contribution < -0.4 is 0 Å². The number of thioether (sulfide) groups is 1. The average Bonchev–Trinajstić information content (AvgIpc) is 2.49. The lowest BCUT2D eigenvalue weighted by Gasteiger charge is -2.14. The Kier molecular flexibility index (Phi) is 5.99. The standard InChI is InChI=1S/C17H20OS/c1-18-16(13-12-15-8-4-2-5-9-15)14-19-17-10-6-3-7-11-17/h2-11,16H,12-14H2,1H3. The molecule has 1 nitrogen and oxygen atoms in total. The largest absolute Gasteiger partial charge is 0.381 e. The number of methoxy groups -OCH3 is 1. The van der Waals surface area contributed by atoms with E-state index in [1.807, 2.05) is 17.8 Å². The maximum absolute atomic E-state index is 5.57. The zero-order valence-electron chi connectivity index (χ0n) is 11.3. The summed E-state index contributed by atoms with van der Waals surface area (Å²) in [5, 5.41) is 0. The number of ether oxygens (including phenoxy) is 1. The van der Waals surface area contributed by atoms with Crippen LogP contribution in [0, 0.1) is 0 Å². The highest BCUT2D eigenvalue weighted by molar-refractivity contribution is 7.99. The van der Waals surface area contributed by atoms with E-state index in [4.69, 9.17) is 4.74 Å². The topological polar surface area (TPSA) is 9.23 Å². The zero-order chi connectivity index (χ0) is 13.3. The van der Waals surface area contributed by atoms with Gasteiger partial charge in [-0.15, -0.1) is 11.8 Å². The lowest BCUT2D eigenvalue weighted by Crippen LogP contribution is -2.14. The van der Waals surface area contributed by atoms with E-state index in [0.29, 0.717) is 6.10 Å². The smallest absolute Gasteiger partial charge is 0.0668 e. The third kappa shape index (κ3) is 5.09. The molecular formula is C17H20OS. The van der Waals surface area contributed by atoms with Crippen molar-refractivity contribution in [1.82, 2.24) is 0 Å². The van der Waals surface area contributed by atoms with Crippen LogP contribution >= 0.6 is 11.8 Å². The summed E-state index contributed by atoms with van der Waals surface area (Å²) in [4.78, 5) is 1.31. The van der Waals surface area contributed by atoms with Gasteiger partial charge in [0.1, 0.15) is 0 Å². The highest BCUT2D eigenvalue weighted by Crippen LogP contribution is 2.20. The molecule has 0 aliphatic carbocycles. The van der Waals surface area contributed by atoms with Gasteiger partial charge in [0.2, 0.25) is 0 Å². The molecule has 2 heteroatoms. The van der Waals surface area contributed by atoms with Crippen molar-refractivity contribution >= 4 is 11.8 Å².